The summed E-state index contributed by atoms with van der Waals surface area (Å²) in [6.45, 7) is 4.41. The SMILES string of the molecule is CCc1c(CC)n(-c2cccc(N)c2-c2ccc3c(c2)sc2cc(C#N)ccc23)c2ccc#cc12. The van der Waals surface area contributed by atoms with Crippen LogP contribution in [0.3, 0.4) is 0 Å². The Morgan fingerprint density at radius 1 is 0.971 bits per heavy atom. The van der Waals surface area contributed by atoms with Gasteiger partial charge in [-0.15, -0.1) is 11.3 Å². The molecular weight excluding hydrogens is 446 g/mol. The number of nitrogens with zero attached hydrogens (tertiary/aromatic N) is 2. The smallest absolute Gasteiger partial charge is 0.0992 e. The quantitative estimate of drug-likeness (QED) is 0.267. The van der Waals surface area contributed by atoms with E-state index in [1.807, 2.05) is 36.4 Å². The largest absolute Gasteiger partial charge is 0.398 e. The maximum absolute atomic E-state index is 9.31. The number of fused-ring (bicyclic) bond motifs is 4. The number of nitriles is 1. The molecule has 2 heterocycles. The molecule has 2 N–H and O–H groups in total. The zero-order valence-corrected chi connectivity index (χ0v) is 20.5. The second-order valence-electron chi connectivity index (χ2n) is 8.71. The van der Waals surface area contributed by atoms with Crippen LogP contribution in [0.15, 0.2) is 66.7 Å². The molecule has 0 amide bonds. The lowest BCUT2D eigenvalue weighted by Gasteiger charge is -2.18. The van der Waals surface area contributed by atoms with Crippen LogP contribution in [0.1, 0.15) is 30.7 Å². The average Bonchev–Trinajstić information content (AvgIpc) is 3.42. The van der Waals surface area contributed by atoms with Crippen LogP contribution < -0.4 is 5.73 Å². The van der Waals surface area contributed by atoms with Crippen LogP contribution >= 0.6 is 11.3 Å². The van der Waals surface area contributed by atoms with Gasteiger partial charge in [0.1, 0.15) is 0 Å². The molecule has 0 saturated heterocycles. The topological polar surface area (TPSA) is 54.7 Å². The molecule has 0 atom stereocenters. The van der Waals surface area contributed by atoms with Gasteiger partial charge in [0.15, 0.2) is 0 Å². The van der Waals surface area contributed by atoms with Crippen LogP contribution in [0, 0.1) is 23.5 Å². The third kappa shape index (κ3) is 3.19. The summed E-state index contributed by atoms with van der Waals surface area (Å²) in [6.07, 6.45) is 1.85. The highest BCUT2D eigenvalue weighted by Gasteiger charge is 2.20. The molecule has 0 aliphatic carbocycles. The lowest BCUT2D eigenvalue weighted by Crippen LogP contribution is -2.04. The van der Waals surface area contributed by atoms with Crippen molar-refractivity contribution in [1.82, 2.24) is 4.57 Å². The number of nitrogens with two attached hydrogens (primary N) is 1. The van der Waals surface area contributed by atoms with E-state index in [1.165, 1.54) is 26.7 Å². The summed E-state index contributed by atoms with van der Waals surface area (Å²) in [5, 5.41) is 12.8. The summed E-state index contributed by atoms with van der Waals surface area (Å²) in [5.41, 5.74) is 15.1. The normalized spacial score (nSPS) is 11.2. The molecular formula is C31H23N3S. The van der Waals surface area contributed by atoms with E-state index in [0.29, 0.717) is 5.56 Å². The van der Waals surface area contributed by atoms with E-state index in [0.717, 1.165) is 50.9 Å². The number of anilines is 1. The minimum atomic E-state index is 0.686. The van der Waals surface area contributed by atoms with E-state index < -0.39 is 0 Å². The van der Waals surface area contributed by atoms with E-state index >= 15 is 0 Å². The van der Waals surface area contributed by atoms with Gasteiger partial charge in [-0.2, -0.15) is 5.26 Å². The fourth-order valence-electron chi connectivity index (χ4n) is 5.31. The molecule has 35 heavy (non-hydrogen) atoms. The fraction of sp³-hybridized carbons (Fsp3) is 0.129. The first-order valence-electron chi connectivity index (χ1n) is 11.8. The molecule has 0 fully saturated rings. The Labute approximate surface area is 208 Å². The molecule has 6 aromatic rings. The molecule has 0 bridgehead atoms. The highest BCUT2D eigenvalue weighted by molar-refractivity contribution is 7.25. The fourth-order valence-corrected chi connectivity index (χ4v) is 6.50. The van der Waals surface area contributed by atoms with Crippen molar-refractivity contribution in [1.29, 1.82) is 5.26 Å². The molecule has 0 saturated carbocycles. The Morgan fingerprint density at radius 3 is 2.54 bits per heavy atom. The van der Waals surface area contributed by atoms with Crippen molar-refractivity contribution in [3.8, 4) is 22.9 Å². The van der Waals surface area contributed by atoms with E-state index in [1.54, 1.807) is 11.3 Å². The molecule has 0 radical (unpaired) electrons. The van der Waals surface area contributed by atoms with Gasteiger partial charge in [-0.05, 0) is 66.4 Å². The van der Waals surface area contributed by atoms with E-state index in [-0.39, 0.29) is 0 Å². The summed E-state index contributed by atoms with van der Waals surface area (Å²) in [4.78, 5) is 0. The zero-order chi connectivity index (χ0) is 24.1. The third-order valence-electron chi connectivity index (χ3n) is 6.83. The molecule has 4 aromatic carbocycles. The molecule has 4 heteroatoms. The van der Waals surface area contributed by atoms with E-state index in [4.69, 9.17) is 5.73 Å². The van der Waals surface area contributed by atoms with Crippen molar-refractivity contribution in [2.24, 2.45) is 0 Å². The summed E-state index contributed by atoms with van der Waals surface area (Å²) < 4.78 is 4.67. The number of rotatable bonds is 4. The maximum Gasteiger partial charge on any atom is 0.0992 e. The van der Waals surface area contributed by atoms with Crippen molar-refractivity contribution in [2.75, 3.05) is 5.73 Å². The van der Waals surface area contributed by atoms with Crippen molar-refractivity contribution < 1.29 is 0 Å². The second-order valence-corrected chi connectivity index (χ2v) is 9.79. The number of aromatic nitrogens is 1. The van der Waals surface area contributed by atoms with E-state index in [2.05, 4.69) is 66.9 Å². The predicted molar refractivity (Wildman–Crippen MR) is 147 cm³/mol. The Hall–Kier alpha value is -4.25. The number of hydrogen-bond donors (Lipinski definition) is 1. The Balaban J connectivity index is 1.63. The minimum absolute atomic E-state index is 0.686. The number of nitrogen functional groups attached to an aromatic ring is 1. The van der Waals surface area contributed by atoms with Crippen molar-refractivity contribution in [3.05, 3.63) is 95.7 Å². The lowest BCUT2D eigenvalue weighted by atomic mass is 9.99. The second kappa shape index (κ2) is 8.20. The van der Waals surface area contributed by atoms with Crippen molar-refractivity contribution in [3.63, 3.8) is 0 Å². The third-order valence-corrected chi connectivity index (χ3v) is 7.95. The van der Waals surface area contributed by atoms with Gasteiger partial charge in [-0.1, -0.05) is 50.2 Å². The van der Waals surface area contributed by atoms with Crippen LogP contribution in [0.25, 0.3) is 47.9 Å². The lowest BCUT2D eigenvalue weighted by molar-refractivity contribution is 0.928. The minimum Gasteiger partial charge on any atom is -0.398 e. The van der Waals surface area contributed by atoms with Gasteiger partial charge in [0, 0.05) is 37.1 Å². The van der Waals surface area contributed by atoms with Gasteiger partial charge in [0.05, 0.1) is 28.2 Å². The number of benzene rings is 3. The van der Waals surface area contributed by atoms with Crippen LogP contribution in [0.4, 0.5) is 5.69 Å². The standard InChI is InChI=1S/C31H23N3S/c1-3-21-22-8-5-6-10-27(22)34(26(21)4-2)28-11-7-9-25(33)31(28)20-13-15-24-23-14-12-19(18-32)16-29(23)35-30(24)17-20/h6-7,9-17H,3-4,33H2,1-2H3. The van der Waals surface area contributed by atoms with Crippen LogP contribution in [-0.4, -0.2) is 4.57 Å². The Bertz CT molecular complexity index is 1800. The molecule has 0 aliphatic rings. The summed E-state index contributed by atoms with van der Waals surface area (Å²) >= 11 is 1.72. The molecule has 0 spiro atoms. The van der Waals surface area contributed by atoms with Crippen LogP contribution in [0.5, 0.6) is 0 Å². The Kier molecular flexibility index (Phi) is 4.99. The number of aryl methyl sites for hydroxylation is 1. The molecule has 0 aliphatic heterocycles. The average molecular weight is 470 g/mol. The number of thiophene rings is 1. The van der Waals surface area contributed by atoms with Gasteiger partial charge in [-0.3, -0.25) is 0 Å². The van der Waals surface area contributed by atoms with Gasteiger partial charge in [0.2, 0.25) is 0 Å². The Morgan fingerprint density at radius 2 is 1.77 bits per heavy atom. The van der Waals surface area contributed by atoms with Gasteiger partial charge < -0.3 is 10.3 Å². The maximum atomic E-state index is 9.31. The first-order valence-corrected chi connectivity index (χ1v) is 12.7. The van der Waals surface area contributed by atoms with Crippen molar-refractivity contribution >= 4 is 48.1 Å². The highest BCUT2D eigenvalue weighted by atomic mass is 32.1. The first-order chi connectivity index (χ1) is 17.1. The summed E-state index contributed by atoms with van der Waals surface area (Å²) in [5.74, 6) is 0. The summed E-state index contributed by atoms with van der Waals surface area (Å²) in [7, 11) is 0. The first kappa shape index (κ1) is 21.3. The van der Waals surface area contributed by atoms with Crippen molar-refractivity contribution in [2.45, 2.75) is 26.7 Å². The number of hydrogen-bond acceptors (Lipinski definition) is 3. The molecule has 168 valence electrons. The zero-order valence-electron chi connectivity index (χ0n) is 19.6. The predicted octanol–water partition coefficient (Wildman–Crippen LogP) is 7.84. The van der Waals surface area contributed by atoms with Crippen LogP contribution in [0.2, 0.25) is 0 Å². The van der Waals surface area contributed by atoms with Gasteiger partial charge in [0.25, 0.3) is 0 Å². The summed E-state index contributed by atoms with van der Waals surface area (Å²) in [6, 6.07) is 31.5. The van der Waals surface area contributed by atoms with Gasteiger partial charge >= 0.3 is 0 Å². The monoisotopic (exact) mass is 469 g/mol. The molecule has 2 aromatic heterocycles. The highest BCUT2D eigenvalue weighted by Crippen LogP contribution is 2.41. The van der Waals surface area contributed by atoms with E-state index in [9.17, 15) is 5.26 Å². The molecule has 3 nitrogen and oxygen atoms in total. The molecule has 6 rings (SSSR count). The molecule has 0 unspecified atom stereocenters. The van der Waals surface area contributed by atoms with Gasteiger partial charge in [-0.25, -0.2) is 0 Å². The van der Waals surface area contributed by atoms with Crippen LogP contribution in [-0.2, 0) is 12.8 Å².